The summed E-state index contributed by atoms with van der Waals surface area (Å²) in [7, 11) is 0. The maximum atomic E-state index is 13.8. The summed E-state index contributed by atoms with van der Waals surface area (Å²) >= 11 is 0. The summed E-state index contributed by atoms with van der Waals surface area (Å²) in [6.45, 7) is 0. The molecule has 0 atom stereocenters. The summed E-state index contributed by atoms with van der Waals surface area (Å²) in [6, 6.07) is 4.23. The number of rotatable bonds is 3. The highest BCUT2D eigenvalue weighted by Gasteiger charge is 2.22. The van der Waals surface area contributed by atoms with Gasteiger partial charge in [0.05, 0.1) is 11.3 Å². The summed E-state index contributed by atoms with van der Waals surface area (Å²) in [6.07, 6.45) is 6.07. The second-order valence-corrected chi connectivity index (χ2v) is 5.33. The molecule has 5 nitrogen and oxygen atoms in total. The smallest absolute Gasteiger partial charge is 0.227 e. The summed E-state index contributed by atoms with van der Waals surface area (Å²) in [5.74, 6) is -1.18. The number of nitrogens with zero attached hydrogens (tertiary/aromatic N) is 1. The lowest BCUT2D eigenvalue weighted by atomic mass is 9.99. The average molecular weight is 293 g/mol. The van der Waals surface area contributed by atoms with Gasteiger partial charge in [0.1, 0.15) is 5.82 Å². The topological polar surface area (TPSA) is 87.7 Å². The Morgan fingerprint density at radius 2 is 1.95 bits per heavy atom. The van der Waals surface area contributed by atoms with Gasteiger partial charge in [0.25, 0.3) is 0 Å². The number of halogens is 1. The van der Waals surface area contributed by atoms with Crippen LogP contribution in [0.5, 0.6) is 0 Å². The molecule has 1 aliphatic carbocycles. The second kappa shape index (κ2) is 7.06. The highest BCUT2D eigenvalue weighted by atomic mass is 19.1. The highest BCUT2D eigenvalue weighted by Crippen LogP contribution is 2.25. The lowest BCUT2D eigenvalue weighted by Crippen LogP contribution is -2.25. The Morgan fingerprint density at radius 3 is 2.57 bits per heavy atom. The number of benzene rings is 1. The first-order valence-corrected chi connectivity index (χ1v) is 7.20. The third-order valence-corrected chi connectivity index (χ3v) is 3.86. The zero-order chi connectivity index (χ0) is 15.2. The van der Waals surface area contributed by atoms with Gasteiger partial charge in [-0.25, -0.2) is 4.39 Å². The number of anilines is 1. The van der Waals surface area contributed by atoms with Crippen LogP contribution in [0.4, 0.5) is 10.1 Å². The third-order valence-electron chi connectivity index (χ3n) is 3.86. The highest BCUT2D eigenvalue weighted by molar-refractivity contribution is 6.06. The van der Waals surface area contributed by atoms with Gasteiger partial charge in [-0.05, 0) is 25.0 Å². The van der Waals surface area contributed by atoms with Gasteiger partial charge in [-0.3, -0.25) is 4.79 Å². The van der Waals surface area contributed by atoms with Crippen molar-refractivity contribution in [1.29, 1.82) is 0 Å². The van der Waals surface area contributed by atoms with Gasteiger partial charge in [0.15, 0.2) is 5.84 Å². The molecule has 0 aromatic heterocycles. The van der Waals surface area contributed by atoms with Crippen LogP contribution in [0.25, 0.3) is 0 Å². The van der Waals surface area contributed by atoms with E-state index >= 15 is 0 Å². The Balaban J connectivity index is 2.19. The summed E-state index contributed by atoms with van der Waals surface area (Å²) in [5.41, 5.74) is 5.64. The van der Waals surface area contributed by atoms with Gasteiger partial charge in [0, 0.05) is 5.92 Å². The Kier molecular flexibility index (Phi) is 5.14. The first-order valence-electron chi connectivity index (χ1n) is 7.20. The first-order chi connectivity index (χ1) is 10.1. The Labute approximate surface area is 123 Å². The summed E-state index contributed by atoms with van der Waals surface area (Å²) in [5, 5.41) is 14.3. The maximum absolute atomic E-state index is 13.8. The van der Waals surface area contributed by atoms with Crippen LogP contribution in [0, 0.1) is 11.7 Å². The van der Waals surface area contributed by atoms with Gasteiger partial charge < -0.3 is 16.3 Å². The van der Waals surface area contributed by atoms with E-state index in [0.717, 1.165) is 38.5 Å². The number of hydrogen-bond acceptors (Lipinski definition) is 3. The number of nitrogens with one attached hydrogen (secondary N) is 1. The first kappa shape index (κ1) is 15.3. The minimum absolute atomic E-state index is 0.0593. The van der Waals surface area contributed by atoms with Gasteiger partial charge in [-0.15, -0.1) is 0 Å². The molecule has 1 amide bonds. The van der Waals surface area contributed by atoms with E-state index in [2.05, 4.69) is 10.5 Å². The Hall–Kier alpha value is -2.11. The molecule has 2 rings (SSSR count). The molecule has 0 radical (unpaired) electrons. The lowest BCUT2D eigenvalue weighted by molar-refractivity contribution is -0.120. The van der Waals surface area contributed by atoms with Crippen molar-refractivity contribution < 1.29 is 14.4 Å². The molecule has 0 unspecified atom stereocenters. The van der Waals surface area contributed by atoms with E-state index in [1.807, 2.05) is 0 Å². The molecule has 114 valence electrons. The molecule has 1 fully saturated rings. The monoisotopic (exact) mass is 293 g/mol. The number of hydrogen-bond donors (Lipinski definition) is 3. The van der Waals surface area contributed by atoms with Gasteiger partial charge in [-0.2, -0.15) is 0 Å². The molecule has 0 saturated heterocycles. The Morgan fingerprint density at radius 1 is 1.29 bits per heavy atom. The quantitative estimate of drug-likeness (QED) is 0.263. The van der Waals surface area contributed by atoms with Crippen molar-refractivity contribution in [2.75, 3.05) is 5.32 Å². The van der Waals surface area contributed by atoms with Crippen molar-refractivity contribution in [2.45, 2.75) is 38.5 Å². The van der Waals surface area contributed by atoms with E-state index in [9.17, 15) is 9.18 Å². The fourth-order valence-electron chi connectivity index (χ4n) is 2.71. The van der Waals surface area contributed by atoms with Crippen molar-refractivity contribution in [1.82, 2.24) is 0 Å². The average Bonchev–Trinajstić information content (AvgIpc) is 2.76. The second-order valence-electron chi connectivity index (χ2n) is 5.33. The van der Waals surface area contributed by atoms with Crippen molar-refractivity contribution >= 4 is 17.4 Å². The number of carbonyl (C=O) groups excluding carboxylic acids is 1. The molecule has 1 aromatic carbocycles. The van der Waals surface area contributed by atoms with Crippen LogP contribution >= 0.6 is 0 Å². The lowest BCUT2D eigenvalue weighted by Gasteiger charge is -2.16. The molecule has 0 aliphatic heterocycles. The van der Waals surface area contributed by atoms with Gasteiger partial charge >= 0.3 is 0 Å². The standard InChI is InChI=1S/C15H20FN3O2/c16-11-8-5-9-12(13(11)14(17)19-21)18-15(20)10-6-3-1-2-4-7-10/h5,8-10,21H,1-4,6-7H2,(H2,17,19)(H,18,20). The minimum Gasteiger partial charge on any atom is -0.409 e. The fourth-order valence-corrected chi connectivity index (χ4v) is 2.71. The van der Waals surface area contributed by atoms with Crippen LogP contribution in [-0.4, -0.2) is 17.0 Å². The molecule has 1 aromatic rings. The number of oxime groups is 1. The molecule has 1 saturated carbocycles. The van der Waals surface area contributed by atoms with Crippen LogP contribution in [0.1, 0.15) is 44.1 Å². The molecule has 0 spiro atoms. The van der Waals surface area contributed by atoms with E-state index in [1.54, 1.807) is 6.07 Å². The molecule has 6 heteroatoms. The molecular weight excluding hydrogens is 273 g/mol. The Bertz CT molecular complexity index is 538. The number of nitrogens with two attached hydrogens (primary N) is 1. The predicted molar refractivity (Wildman–Crippen MR) is 78.7 cm³/mol. The minimum atomic E-state index is -0.635. The normalized spacial score (nSPS) is 17.3. The third kappa shape index (κ3) is 3.71. The van der Waals surface area contributed by atoms with Crippen LogP contribution < -0.4 is 11.1 Å². The van der Waals surface area contributed by atoms with E-state index in [-0.39, 0.29) is 28.9 Å². The van der Waals surface area contributed by atoms with Gasteiger partial charge in [0.2, 0.25) is 5.91 Å². The number of amidine groups is 1. The predicted octanol–water partition coefficient (Wildman–Crippen LogP) is 2.83. The molecule has 1 aliphatic rings. The molecule has 0 heterocycles. The van der Waals surface area contributed by atoms with Gasteiger partial charge in [-0.1, -0.05) is 36.9 Å². The molecule has 21 heavy (non-hydrogen) atoms. The van der Waals surface area contributed by atoms with E-state index in [4.69, 9.17) is 10.9 Å². The molecule has 4 N–H and O–H groups in total. The van der Waals surface area contributed by atoms with Crippen molar-refractivity contribution in [2.24, 2.45) is 16.8 Å². The summed E-state index contributed by atoms with van der Waals surface area (Å²) < 4.78 is 13.8. The zero-order valence-electron chi connectivity index (χ0n) is 11.8. The number of amides is 1. The SMILES string of the molecule is NC(=NO)c1c(F)cccc1NC(=O)C1CCCCCC1. The van der Waals surface area contributed by atoms with Crippen molar-refractivity contribution in [3.05, 3.63) is 29.6 Å². The maximum Gasteiger partial charge on any atom is 0.227 e. The molecular formula is C15H20FN3O2. The van der Waals surface area contributed by atoms with Crippen molar-refractivity contribution in [3.63, 3.8) is 0 Å². The van der Waals surface area contributed by atoms with E-state index < -0.39 is 5.82 Å². The van der Waals surface area contributed by atoms with Crippen LogP contribution in [0.2, 0.25) is 0 Å². The van der Waals surface area contributed by atoms with Crippen LogP contribution in [0.15, 0.2) is 23.4 Å². The van der Waals surface area contributed by atoms with Crippen LogP contribution in [0.3, 0.4) is 0 Å². The zero-order valence-corrected chi connectivity index (χ0v) is 11.8. The fraction of sp³-hybridized carbons (Fsp3) is 0.467. The van der Waals surface area contributed by atoms with E-state index in [0.29, 0.717) is 0 Å². The van der Waals surface area contributed by atoms with Crippen LogP contribution in [-0.2, 0) is 4.79 Å². The molecule has 0 bridgehead atoms. The number of carbonyl (C=O) groups is 1. The van der Waals surface area contributed by atoms with Crippen molar-refractivity contribution in [3.8, 4) is 0 Å². The van der Waals surface area contributed by atoms with E-state index in [1.165, 1.54) is 12.1 Å². The summed E-state index contributed by atoms with van der Waals surface area (Å²) in [4.78, 5) is 12.3. The largest absolute Gasteiger partial charge is 0.409 e.